The van der Waals surface area contributed by atoms with Crippen LogP contribution in [-0.2, 0) is 29.8 Å². The van der Waals surface area contributed by atoms with Crippen LogP contribution in [0.2, 0.25) is 0 Å². The van der Waals surface area contributed by atoms with Gasteiger partial charge in [-0.2, -0.15) is 5.10 Å². The minimum atomic E-state index is -0.729. The van der Waals surface area contributed by atoms with Crippen LogP contribution in [-0.4, -0.2) is 32.0 Å². The molecule has 1 N–H and O–H groups in total. The van der Waals surface area contributed by atoms with Gasteiger partial charge >= 0.3 is 0 Å². The second-order valence-electron chi connectivity index (χ2n) is 6.20. The molecule has 110 valence electrons. The van der Waals surface area contributed by atoms with Crippen LogP contribution in [0.25, 0.3) is 0 Å². The zero-order chi connectivity index (χ0) is 14.6. The summed E-state index contributed by atoms with van der Waals surface area (Å²) in [4.78, 5) is 0. The van der Waals surface area contributed by atoms with Gasteiger partial charge in [0.2, 0.25) is 0 Å². The van der Waals surface area contributed by atoms with Gasteiger partial charge < -0.3 is 5.32 Å². The van der Waals surface area contributed by atoms with E-state index in [2.05, 4.69) is 37.4 Å². The van der Waals surface area contributed by atoms with Crippen molar-refractivity contribution in [2.24, 2.45) is 7.05 Å². The molecule has 1 rings (SSSR count). The summed E-state index contributed by atoms with van der Waals surface area (Å²) in [5, 5.41) is 8.23. The van der Waals surface area contributed by atoms with Gasteiger partial charge in [-0.3, -0.25) is 8.89 Å². The molecule has 0 aliphatic heterocycles. The largest absolute Gasteiger partial charge is 0.313 e. The molecule has 2 atom stereocenters. The highest BCUT2D eigenvalue weighted by atomic mass is 32.2. The van der Waals surface area contributed by atoms with Crippen LogP contribution < -0.4 is 5.32 Å². The third-order valence-electron chi connectivity index (χ3n) is 3.22. The Kier molecular flexibility index (Phi) is 5.74. The van der Waals surface area contributed by atoms with Gasteiger partial charge in [0.15, 0.2) is 0 Å². The van der Waals surface area contributed by atoms with Crippen molar-refractivity contribution in [1.29, 1.82) is 0 Å². The molecule has 5 heteroatoms. The van der Waals surface area contributed by atoms with Gasteiger partial charge in [0.05, 0.1) is 5.69 Å². The van der Waals surface area contributed by atoms with E-state index in [-0.39, 0.29) is 10.7 Å². The average molecular weight is 285 g/mol. The summed E-state index contributed by atoms with van der Waals surface area (Å²) in [6.45, 7) is 10.3. The summed E-state index contributed by atoms with van der Waals surface area (Å²) in [5.41, 5.74) is 2.46. The first-order chi connectivity index (χ1) is 8.71. The zero-order valence-corrected chi connectivity index (χ0v) is 13.8. The number of nitrogens with one attached hydrogen (secondary N) is 1. The fraction of sp³-hybridized carbons (Fsp3) is 0.786. The van der Waals surface area contributed by atoms with Crippen LogP contribution >= 0.6 is 0 Å². The summed E-state index contributed by atoms with van der Waals surface area (Å²) >= 11 is 0. The maximum Gasteiger partial charge on any atom is 0.0722 e. The molecule has 0 aliphatic carbocycles. The molecule has 1 aromatic rings. The first kappa shape index (κ1) is 16.4. The SMILES string of the molecule is CC(CCNCc1cn(C)nc1C(C)(C)C)S(C)=O. The second-order valence-corrected chi connectivity index (χ2v) is 8.00. The van der Waals surface area contributed by atoms with Crippen molar-refractivity contribution in [2.75, 3.05) is 12.8 Å². The van der Waals surface area contributed by atoms with Gasteiger partial charge in [0.1, 0.15) is 0 Å². The first-order valence-corrected chi connectivity index (χ1v) is 8.40. The third-order valence-corrected chi connectivity index (χ3v) is 4.59. The average Bonchev–Trinajstić information content (AvgIpc) is 2.65. The lowest BCUT2D eigenvalue weighted by atomic mass is 9.89. The van der Waals surface area contributed by atoms with Gasteiger partial charge in [-0.1, -0.05) is 27.7 Å². The van der Waals surface area contributed by atoms with Crippen LogP contribution in [0, 0.1) is 0 Å². The van der Waals surface area contributed by atoms with E-state index in [9.17, 15) is 4.21 Å². The van der Waals surface area contributed by atoms with Crippen LogP contribution in [0.3, 0.4) is 0 Å². The molecule has 0 bridgehead atoms. The summed E-state index contributed by atoms with van der Waals surface area (Å²) in [6.07, 6.45) is 4.78. The normalized spacial score (nSPS) is 15.5. The van der Waals surface area contributed by atoms with E-state index in [0.717, 1.165) is 25.2 Å². The van der Waals surface area contributed by atoms with Crippen molar-refractivity contribution in [1.82, 2.24) is 15.1 Å². The predicted molar refractivity (Wildman–Crippen MR) is 81.8 cm³/mol. The lowest BCUT2D eigenvalue weighted by Crippen LogP contribution is -2.23. The number of aromatic nitrogens is 2. The minimum absolute atomic E-state index is 0.0660. The fourth-order valence-electron chi connectivity index (χ4n) is 1.99. The molecule has 0 radical (unpaired) electrons. The van der Waals surface area contributed by atoms with Crippen LogP contribution in [0.4, 0.5) is 0 Å². The molecular weight excluding hydrogens is 258 g/mol. The topological polar surface area (TPSA) is 46.9 Å². The van der Waals surface area contributed by atoms with E-state index in [1.807, 2.05) is 18.7 Å². The minimum Gasteiger partial charge on any atom is -0.313 e. The molecule has 0 aromatic carbocycles. The molecule has 0 aliphatic rings. The zero-order valence-electron chi connectivity index (χ0n) is 13.0. The van der Waals surface area contributed by atoms with E-state index in [0.29, 0.717) is 0 Å². The van der Waals surface area contributed by atoms with E-state index in [1.54, 1.807) is 6.26 Å². The monoisotopic (exact) mass is 285 g/mol. The highest BCUT2D eigenvalue weighted by molar-refractivity contribution is 7.84. The standard InChI is InChI=1S/C14H27N3OS/c1-11(19(6)18)7-8-15-9-12-10-17(5)16-13(12)14(2,3)4/h10-11,15H,7-9H2,1-6H3. The predicted octanol–water partition coefficient (Wildman–Crippen LogP) is 1.96. The first-order valence-electron chi connectivity index (χ1n) is 6.77. The Bertz CT molecular complexity index is 434. The number of nitrogens with zero attached hydrogens (tertiary/aromatic N) is 2. The van der Waals surface area contributed by atoms with Gasteiger partial charge in [-0.05, 0) is 13.0 Å². The Labute approximate surface area is 119 Å². The van der Waals surface area contributed by atoms with Crippen LogP contribution in [0.1, 0.15) is 45.4 Å². The number of hydrogen-bond donors (Lipinski definition) is 1. The summed E-state index contributed by atoms with van der Waals surface area (Å²) in [7, 11) is 1.23. The smallest absolute Gasteiger partial charge is 0.0722 e. The summed E-state index contributed by atoms with van der Waals surface area (Å²) in [6, 6.07) is 0. The Morgan fingerprint density at radius 3 is 2.63 bits per heavy atom. The Morgan fingerprint density at radius 2 is 2.11 bits per heavy atom. The Balaban J connectivity index is 2.52. The molecule has 2 unspecified atom stereocenters. The van der Waals surface area contributed by atoms with Crippen LogP contribution in [0.5, 0.6) is 0 Å². The maximum atomic E-state index is 11.3. The van der Waals surface area contributed by atoms with Crippen molar-refractivity contribution in [3.8, 4) is 0 Å². The highest BCUT2D eigenvalue weighted by Crippen LogP contribution is 2.23. The summed E-state index contributed by atoms with van der Waals surface area (Å²) < 4.78 is 13.1. The number of aryl methyl sites for hydroxylation is 1. The Hall–Kier alpha value is -0.680. The van der Waals surface area contributed by atoms with Gasteiger partial charge in [-0.15, -0.1) is 0 Å². The maximum absolute atomic E-state index is 11.3. The lowest BCUT2D eigenvalue weighted by molar-refractivity contribution is 0.542. The van der Waals surface area contributed by atoms with Gasteiger partial charge in [0, 0.05) is 53.1 Å². The van der Waals surface area contributed by atoms with Crippen molar-refractivity contribution >= 4 is 10.8 Å². The van der Waals surface area contributed by atoms with Crippen molar-refractivity contribution in [2.45, 2.75) is 51.3 Å². The third kappa shape index (κ3) is 5.07. The van der Waals surface area contributed by atoms with E-state index < -0.39 is 10.8 Å². The van der Waals surface area contributed by atoms with E-state index in [4.69, 9.17) is 0 Å². The lowest BCUT2D eigenvalue weighted by Gasteiger charge is -2.17. The molecule has 0 saturated carbocycles. The second kappa shape index (κ2) is 6.66. The van der Waals surface area contributed by atoms with Crippen molar-refractivity contribution in [3.05, 3.63) is 17.5 Å². The molecule has 1 heterocycles. The van der Waals surface area contributed by atoms with E-state index >= 15 is 0 Å². The van der Waals surface area contributed by atoms with Crippen molar-refractivity contribution < 1.29 is 4.21 Å². The van der Waals surface area contributed by atoms with E-state index in [1.165, 1.54) is 5.56 Å². The van der Waals surface area contributed by atoms with Gasteiger partial charge in [0.25, 0.3) is 0 Å². The molecule has 0 spiro atoms. The van der Waals surface area contributed by atoms with Crippen molar-refractivity contribution in [3.63, 3.8) is 0 Å². The highest BCUT2D eigenvalue weighted by Gasteiger charge is 2.21. The molecule has 1 aromatic heterocycles. The number of hydrogen-bond acceptors (Lipinski definition) is 3. The molecule has 4 nitrogen and oxygen atoms in total. The fourth-order valence-corrected chi connectivity index (χ4v) is 2.44. The molecule has 19 heavy (non-hydrogen) atoms. The molecular formula is C14H27N3OS. The van der Waals surface area contributed by atoms with Gasteiger partial charge in [-0.25, -0.2) is 0 Å². The molecule has 0 saturated heterocycles. The molecule has 0 fully saturated rings. The summed E-state index contributed by atoms with van der Waals surface area (Å²) in [5.74, 6) is 0. The molecule has 0 amide bonds. The number of rotatable bonds is 6. The Morgan fingerprint density at radius 1 is 1.47 bits per heavy atom. The van der Waals surface area contributed by atoms with Crippen LogP contribution in [0.15, 0.2) is 6.20 Å². The quantitative estimate of drug-likeness (QED) is 0.813.